The van der Waals surface area contributed by atoms with Gasteiger partial charge in [-0.15, -0.1) is 0 Å². The summed E-state index contributed by atoms with van der Waals surface area (Å²) >= 11 is 0. The third kappa shape index (κ3) is 5.59. The molecular formula is C25H29N5O. The highest BCUT2D eigenvalue weighted by atomic mass is 16.2. The number of hydrogen-bond acceptors (Lipinski definition) is 4. The lowest BCUT2D eigenvalue weighted by Gasteiger charge is -2.25. The first-order chi connectivity index (χ1) is 14.9. The normalized spacial score (nSPS) is 10.8. The highest BCUT2D eigenvalue weighted by molar-refractivity contribution is 5.79. The second kappa shape index (κ2) is 10.1. The smallest absolute Gasteiger partial charge is 0.227 e. The number of nitrogens with zero attached hydrogens (tertiary/aromatic N) is 5. The van der Waals surface area contributed by atoms with Gasteiger partial charge in [-0.3, -0.25) is 4.79 Å². The first kappa shape index (κ1) is 22.3. The minimum Gasteiger partial charge on any atom is -0.337 e. The van der Waals surface area contributed by atoms with Gasteiger partial charge in [-0.25, -0.2) is 4.68 Å². The van der Waals surface area contributed by atoms with Gasteiger partial charge in [0.2, 0.25) is 5.91 Å². The number of benzene rings is 2. The zero-order valence-corrected chi connectivity index (χ0v) is 18.7. The molecule has 0 unspecified atom stereocenters. The molecule has 1 amide bonds. The van der Waals surface area contributed by atoms with Crippen molar-refractivity contribution >= 4 is 5.91 Å². The quantitative estimate of drug-likeness (QED) is 0.565. The Kier molecular flexibility index (Phi) is 7.22. The second-order valence-corrected chi connectivity index (χ2v) is 8.00. The molecule has 0 fully saturated rings. The molecule has 3 rings (SSSR count). The first-order valence-corrected chi connectivity index (χ1v) is 10.4. The summed E-state index contributed by atoms with van der Waals surface area (Å²) in [6.45, 7) is 5.91. The molecule has 0 bridgehead atoms. The minimum absolute atomic E-state index is 0.0741. The highest BCUT2D eigenvalue weighted by Gasteiger charge is 2.20. The van der Waals surface area contributed by atoms with Gasteiger partial charge in [0, 0.05) is 30.9 Å². The Morgan fingerprint density at radius 1 is 1.03 bits per heavy atom. The molecule has 0 atom stereocenters. The molecular weight excluding hydrogens is 386 g/mol. The Bertz CT molecular complexity index is 1060. The maximum atomic E-state index is 13.3. The Morgan fingerprint density at radius 3 is 2.32 bits per heavy atom. The molecule has 3 aromatic rings. The van der Waals surface area contributed by atoms with Gasteiger partial charge < -0.3 is 9.80 Å². The van der Waals surface area contributed by atoms with Crippen molar-refractivity contribution in [3.8, 4) is 11.8 Å². The minimum atomic E-state index is 0.0741. The van der Waals surface area contributed by atoms with E-state index in [0.29, 0.717) is 25.1 Å². The number of carbonyl (C=O) groups excluding carboxylic acids is 1. The second-order valence-electron chi connectivity index (χ2n) is 8.00. The van der Waals surface area contributed by atoms with E-state index in [0.717, 1.165) is 34.7 Å². The topological polar surface area (TPSA) is 65.2 Å². The largest absolute Gasteiger partial charge is 0.337 e. The van der Waals surface area contributed by atoms with E-state index in [1.807, 2.05) is 80.0 Å². The van der Waals surface area contributed by atoms with E-state index < -0.39 is 0 Å². The van der Waals surface area contributed by atoms with Crippen molar-refractivity contribution in [3.05, 3.63) is 82.7 Å². The van der Waals surface area contributed by atoms with Crippen molar-refractivity contribution in [1.29, 1.82) is 5.26 Å². The summed E-state index contributed by atoms with van der Waals surface area (Å²) in [5.41, 5.74) is 5.46. The zero-order chi connectivity index (χ0) is 22.4. The van der Waals surface area contributed by atoms with Crippen LogP contribution >= 0.6 is 0 Å². The molecule has 0 saturated heterocycles. The molecule has 0 aliphatic carbocycles. The molecule has 6 nitrogen and oxygen atoms in total. The summed E-state index contributed by atoms with van der Waals surface area (Å²) in [5.74, 6) is 0.0741. The maximum Gasteiger partial charge on any atom is 0.227 e. The van der Waals surface area contributed by atoms with E-state index >= 15 is 0 Å². The standard InChI is InChI=1S/C25H29N5O/c1-19-24(20(2)30(27-19)23-8-6-5-7-9-23)16-25(31)29(15-14-28(3)4)18-22-12-10-21(17-26)11-13-22/h5-13H,14-16,18H2,1-4H3. The van der Waals surface area contributed by atoms with Crippen LogP contribution in [0.3, 0.4) is 0 Å². The van der Waals surface area contributed by atoms with Crippen LogP contribution in [0.2, 0.25) is 0 Å². The van der Waals surface area contributed by atoms with Crippen molar-refractivity contribution in [2.45, 2.75) is 26.8 Å². The number of nitriles is 1. The molecule has 0 spiro atoms. The summed E-state index contributed by atoms with van der Waals surface area (Å²) in [6, 6.07) is 19.5. The van der Waals surface area contributed by atoms with Gasteiger partial charge in [0.1, 0.15) is 0 Å². The fraction of sp³-hybridized carbons (Fsp3) is 0.320. The van der Waals surface area contributed by atoms with Crippen LogP contribution in [0.4, 0.5) is 0 Å². The molecule has 1 heterocycles. The van der Waals surface area contributed by atoms with Gasteiger partial charge in [0.15, 0.2) is 0 Å². The molecule has 0 saturated carbocycles. The lowest BCUT2D eigenvalue weighted by molar-refractivity contribution is -0.131. The van der Waals surface area contributed by atoms with Gasteiger partial charge in [-0.05, 0) is 57.8 Å². The Labute approximate surface area is 184 Å². The van der Waals surface area contributed by atoms with E-state index in [2.05, 4.69) is 16.1 Å². The maximum absolute atomic E-state index is 13.3. The SMILES string of the molecule is Cc1nn(-c2ccccc2)c(C)c1CC(=O)N(CCN(C)C)Cc1ccc(C#N)cc1. The van der Waals surface area contributed by atoms with Crippen LogP contribution in [0.5, 0.6) is 0 Å². The van der Waals surface area contributed by atoms with Crippen molar-refractivity contribution in [2.75, 3.05) is 27.2 Å². The molecule has 0 aliphatic rings. The highest BCUT2D eigenvalue weighted by Crippen LogP contribution is 2.19. The zero-order valence-electron chi connectivity index (χ0n) is 18.7. The van der Waals surface area contributed by atoms with Crippen molar-refractivity contribution in [3.63, 3.8) is 0 Å². The van der Waals surface area contributed by atoms with E-state index in [-0.39, 0.29) is 5.91 Å². The number of hydrogen-bond donors (Lipinski definition) is 0. The number of likely N-dealkylation sites (N-methyl/N-ethyl adjacent to an activating group) is 1. The summed E-state index contributed by atoms with van der Waals surface area (Å²) < 4.78 is 1.91. The van der Waals surface area contributed by atoms with Crippen molar-refractivity contribution in [1.82, 2.24) is 19.6 Å². The van der Waals surface area contributed by atoms with Crippen molar-refractivity contribution in [2.24, 2.45) is 0 Å². The number of para-hydroxylation sites is 1. The van der Waals surface area contributed by atoms with E-state index in [1.54, 1.807) is 12.1 Å². The lowest BCUT2D eigenvalue weighted by atomic mass is 10.1. The van der Waals surface area contributed by atoms with Crippen LogP contribution < -0.4 is 0 Å². The van der Waals surface area contributed by atoms with Gasteiger partial charge in [-0.2, -0.15) is 10.4 Å². The van der Waals surface area contributed by atoms with Crippen LogP contribution in [0, 0.1) is 25.2 Å². The van der Waals surface area contributed by atoms with Gasteiger partial charge >= 0.3 is 0 Å². The predicted molar refractivity (Wildman–Crippen MR) is 122 cm³/mol. The monoisotopic (exact) mass is 415 g/mol. The van der Waals surface area contributed by atoms with Crippen LogP contribution in [0.25, 0.3) is 5.69 Å². The summed E-state index contributed by atoms with van der Waals surface area (Å²) in [7, 11) is 4.01. The Balaban J connectivity index is 1.81. The van der Waals surface area contributed by atoms with Crippen molar-refractivity contribution < 1.29 is 4.79 Å². The molecule has 160 valence electrons. The third-order valence-corrected chi connectivity index (χ3v) is 5.40. The number of aryl methyl sites for hydroxylation is 1. The van der Waals surface area contributed by atoms with Crippen LogP contribution in [-0.2, 0) is 17.8 Å². The van der Waals surface area contributed by atoms with Crippen LogP contribution in [0.1, 0.15) is 28.1 Å². The molecule has 0 aliphatic heterocycles. The number of carbonyl (C=O) groups is 1. The van der Waals surface area contributed by atoms with E-state index in [1.165, 1.54) is 0 Å². The van der Waals surface area contributed by atoms with Crippen LogP contribution in [-0.4, -0.2) is 52.7 Å². The summed E-state index contributed by atoms with van der Waals surface area (Å²) in [4.78, 5) is 17.3. The third-order valence-electron chi connectivity index (χ3n) is 5.40. The molecule has 0 N–H and O–H groups in total. The summed E-state index contributed by atoms with van der Waals surface area (Å²) in [6.07, 6.45) is 0.314. The van der Waals surface area contributed by atoms with E-state index in [9.17, 15) is 4.79 Å². The fourth-order valence-corrected chi connectivity index (χ4v) is 3.53. The van der Waals surface area contributed by atoms with Gasteiger partial charge in [0.05, 0.1) is 29.4 Å². The van der Waals surface area contributed by atoms with Gasteiger partial charge in [0.25, 0.3) is 0 Å². The number of aromatic nitrogens is 2. The number of amides is 1. The first-order valence-electron chi connectivity index (χ1n) is 10.4. The lowest BCUT2D eigenvalue weighted by Crippen LogP contribution is -2.37. The fourth-order valence-electron chi connectivity index (χ4n) is 3.53. The van der Waals surface area contributed by atoms with E-state index in [4.69, 9.17) is 5.26 Å². The van der Waals surface area contributed by atoms with Gasteiger partial charge in [-0.1, -0.05) is 30.3 Å². The molecule has 31 heavy (non-hydrogen) atoms. The average Bonchev–Trinajstić information content (AvgIpc) is 3.05. The number of rotatable bonds is 8. The molecule has 2 aromatic carbocycles. The molecule has 0 radical (unpaired) electrons. The Morgan fingerprint density at radius 2 is 1.71 bits per heavy atom. The predicted octanol–water partition coefficient (Wildman–Crippen LogP) is 3.49. The summed E-state index contributed by atoms with van der Waals surface area (Å²) in [5, 5.41) is 13.7. The molecule has 1 aromatic heterocycles. The Hall–Kier alpha value is -3.43. The van der Waals surface area contributed by atoms with Crippen LogP contribution in [0.15, 0.2) is 54.6 Å². The molecule has 6 heteroatoms. The average molecular weight is 416 g/mol.